The lowest BCUT2D eigenvalue weighted by atomic mass is 9.88. The van der Waals surface area contributed by atoms with Gasteiger partial charge in [-0.3, -0.25) is 9.56 Å². The average Bonchev–Trinajstić information content (AvgIpc) is 2.20. The van der Waals surface area contributed by atoms with Crippen LogP contribution in [0.3, 0.4) is 0 Å². The molecule has 0 saturated heterocycles. The van der Waals surface area contributed by atoms with E-state index in [4.69, 9.17) is 5.73 Å². The predicted octanol–water partition coefficient (Wildman–Crippen LogP) is -0.656. The second-order valence-corrected chi connectivity index (χ2v) is 5.63. The number of aliphatic hydroxyl groups is 2. The minimum atomic E-state index is -4.68. The predicted molar refractivity (Wildman–Crippen MR) is 58.2 cm³/mol. The number of hydrogen-bond acceptors (Lipinski definition) is 5. The summed E-state index contributed by atoms with van der Waals surface area (Å²) in [5, 5.41) is 17.0. The summed E-state index contributed by atoms with van der Waals surface area (Å²) in [6.45, 7) is 0.469. The minimum Gasteiger partial charge on any atom is -0.510 e. The summed E-state index contributed by atoms with van der Waals surface area (Å²) in [4.78, 5) is 22.2. The van der Waals surface area contributed by atoms with Crippen molar-refractivity contribution in [2.24, 2.45) is 16.6 Å². The Balaban J connectivity index is 3.35. The van der Waals surface area contributed by atoms with Gasteiger partial charge in [0.2, 0.25) is 0 Å². The summed E-state index contributed by atoms with van der Waals surface area (Å²) >= 11 is 0. The van der Waals surface area contributed by atoms with Gasteiger partial charge < -0.3 is 25.7 Å². The van der Waals surface area contributed by atoms with Crippen LogP contribution in [0.5, 0.6) is 0 Å². The highest BCUT2D eigenvalue weighted by atomic mass is 31.2. The van der Waals surface area contributed by atoms with E-state index >= 15 is 0 Å². The summed E-state index contributed by atoms with van der Waals surface area (Å²) < 4.78 is 11.4. The molecular formula is C8H15N2O5P. The molecule has 1 heterocycles. The van der Waals surface area contributed by atoms with Gasteiger partial charge >= 0.3 is 7.60 Å². The highest BCUT2D eigenvalue weighted by molar-refractivity contribution is 7.54. The summed E-state index contributed by atoms with van der Waals surface area (Å²) in [5.41, 5.74) is 5.64. The number of aliphatic hydroxyl groups excluding tert-OH is 2. The summed E-state index contributed by atoms with van der Waals surface area (Å²) in [5.74, 6) is -1.32. The Labute approximate surface area is 92.5 Å². The molecule has 2 unspecified atom stereocenters. The lowest BCUT2D eigenvalue weighted by Crippen LogP contribution is -2.49. The first-order valence-corrected chi connectivity index (χ1v) is 6.23. The van der Waals surface area contributed by atoms with Crippen molar-refractivity contribution in [2.45, 2.75) is 12.1 Å². The van der Waals surface area contributed by atoms with E-state index in [0.717, 1.165) is 6.21 Å². The molecule has 0 aliphatic carbocycles. The molecule has 0 spiro atoms. The molecule has 1 aliphatic heterocycles. The van der Waals surface area contributed by atoms with Crippen molar-refractivity contribution in [2.75, 3.05) is 13.2 Å². The van der Waals surface area contributed by atoms with E-state index in [2.05, 4.69) is 4.99 Å². The molecule has 16 heavy (non-hydrogen) atoms. The second kappa shape index (κ2) is 4.27. The van der Waals surface area contributed by atoms with E-state index in [9.17, 15) is 24.6 Å². The second-order valence-electron chi connectivity index (χ2n) is 3.71. The first kappa shape index (κ1) is 13.3. The van der Waals surface area contributed by atoms with Crippen molar-refractivity contribution in [1.29, 1.82) is 0 Å². The molecule has 92 valence electrons. The zero-order chi connectivity index (χ0) is 12.6. The molecule has 1 aliphatic rings. The quantitative estimate of drug-likeness (QED) is 0.422. The van der Waals surface area contributed by atoms with Crippen LogP contribution in [0.4, 0.5) is 0 Å². The average molecular weight is 250 g/mol. The molecule has 0 aromatic heterocycles. The Bertz CT molecular complexity index is 388. The Morgan fingerprint density at radius 1 is 1.62 bits per heavy atom. The van der Waals surface area contributed by atoms with Crippen LogP contribution in [0.15, 0.2) is 16.4 Å². The monoisotopic (exact) mass is 250 g/mol. The molecule has 0 saturated carbocycles. The van der Waals surface area contributed by atoms with Gasteiger partial charge in [0.1, 0.15) is 10.9 Å². The molecule has 0 aromatic carbocycles. The maximum absolute atomic E-state index is 11.4. The highest BCUT2D eigenvalue weighted by Crippen LogP contribution is 2.55. The maximum Gasteiger partial charge on any atom is 0.340 e. The van der Waals surface area contributed by atoms with Crippen LogP contribution in [0.25, 0.3) is 0 Å². The third kappa shape index (κ3) is 1.81. The van der Waals surface area contributed by atoms with Gasteiger partial charge in [0.05, 0.1) is 18.2 Å². The molecular weight excluding hydrogens is 235 g/mol. The fraction of sp³-hybridized carbons (Fsp3) is 0.625. The van der Waals surface area contributed by atoms with E-state index in [1.54, 1.807) is 0 Å². The van der Waals surface area contributed by atoms with Crippen LogP contribution >= 0.6 is 7.60 Å². The van der Waals surface area contributed by atoms with Gasteiger partial charge in [0, 0.05) is 12.8 Å². The summed E-state index contributed by atoms with van der Waals surface area (Å²) in [7, 11) is -4.68. The van der Waals surface area contributed by atoms with E-state index in [1.165, 1.54) is 6.92 Å². The lowest BCUT2D eigenvalue weighted by molar-refractivity contribution is 0.190. The third-order valence-corrected chi connectivity index (χ3v) is 4.47. The van der Waals surface area contributed by atoms with Crippen molar-refractivity contribution in [3.05, 3.63) is 11.5 Å². The topological polar surface area (TPSA) is 136 Å². The largest absolute Gasteiger partial charge is 0.510 e. The molecule has 0 radical (unpaired) electrons. The number of aliphatic imine (C=N–C) groups is 1. The first-order valence-electron chi connectivity index (χ1n) is 4.61. The normalized spacial score (nSPS) is 30.9. The van der Waals surface area contributed by atoms with Crippen LogP contribution in [0.1, 0.15) is 6.92 Å². The van der Waals surface area contributed by atoms with E-state index < -0.39 is 25.3 Å². The number of hydrogen-bond donors (Lipinski definition) is 5. The standard InChI is InChI=1S/C8H15N2O5P/c1-5-7(12)6(2-9)8(4-11,3-10-5)16(13,14)15/h3,6,11-12H,2,4,9H2,1H3,(H2,13,14,15). The van der Waals surface area contributed by atoms with Gasteiger partial charge in [-0.25, -0.2) is 0 Å². The molecule has 8 heteroatoms. The van der Waals surface area contributed by atoms with Crippen LogP contribution in [0.2, 0.25) is 0 Å². The van der Waals surface area contributed by atoms with Crippen LogP contribution < -0.4 is 5.73 Å². The van der Waals surface area contributed by atoms with Crippen molar-refractivity contribution in [3.63, 3.8) is 0 Å². The highest BCUT2D eigenvalue weighted by Gasteiger charge is 2.54. The SMILES string of the molecule is CC1=C(O)C(CN)C(CO)(P(=O)(O)O)C=N1. The number of nitrogens with zero attached hydrogens (tertiary/aromatic N) is 1. The molecule has 1 rings (SSSR count). The Hall–Kier alpha value is -0.720. The van der Waals surface area contributed by atoms with Crippen molar-refractivity contribution in [3.8, 4) is 0 Å². The van der Waals surface area contributed by atoms with Crippen LogP contribution in [-0.2, 0) is 4.57 Å². The first-order chi connectivity index (χ1) is 7.30. The van der Waals surface area contributed by atoms with Gasteiger partial charge in [-0.15, -0.1) is 0 Å². The Morgan fingerprint density at radius 2 is 2.19 bits per heavy atom. The molecule has 7 nitrogen and oxygen atoms in total. The number of allylic oxidation sites excluding steroid dienone is 1. The third-order valence-electron chi connectivity index (χ3n) is 2.82. The molecule has 0 amide bonds. The van der Waals surface area contributed by atoms with Crippen LogP contribution in [-0.4, -0.2) is 44.5 Å². The Kier molecular flexibility index (Phi) is 3.56. The molecule has 2 atom stereocenters. The summed E-state index contributed by atoms with van der Waals surface area (Å²) in [6, 6.07) is 0. The van der Waals surface area contributed by atoms with Gasteiger partial charge in [-0.05, 0) is 6.92 Å². The van der Waals surface area contributed by atoms with Gasteiger partial charge in [0.25, 0.3) is 0 Å². The van der Waals surface area contributed by atoms with Crippen LogP contribution in [0, 0.1) is 5.92 Å². The molecule has 0 aromatic rings. The lowest BCUT2D eigenvalue weighted by Gasteiger charge is -2.37. The number of nitrogens with two attached hydrogens (primary N) is 1. The Morgan fingerprint density at radius 3 is 2.56 bits per heavy atom. The zero-order valence-electron chi connectivity index (χ0n) is 8.74. The molecule has 0 fully saturated rings. The fourth-order valence-electron chi connectivity index (χ4n) is 1.69. The van der Waals surface area contributed by atoms with Crippen molar-refractivity contribution < 1.29 is 24.6 Å². The van der Waals surface area contributed by atoms with E-state index in [1.807, 2.05) is 0 Å². The van der Waals surface area contributed by atoms with E-state index in [0.29, 0.717) is 0 Å². The molecule has 6 N–H and O–H groups in total. The molecule has 0 bridgehead atoms. The zero-order valence-corrected chi connectivity index (χ0v) is 9.63. The van der Waals surface area contributed by atoms with Gasteiger partial charge in [-0.2, -0.15) is 0 Å². The van der Waals surface area contributed by atoms with Gasteiger partial charge in [0.15, 0.2) is 0 Å². The van der Waals surface area contributed by atoms with Crippen molar-refractivity contribution >= 4 is 13.8 Å². The van der Waals surface area contributed by atoms with E-state index in [-0.39, 0.29) is 18.0 Å². The smallest absolute Gasteiger partial charge is 0.340 e. The fourth-order valence-corrected chi connectivity index (χ4v) is 2.72. The number of rotatable bonds is 3. The van der Waals surface area contributed by atoms with Gasteiger partial charge in [-0.1, -0.05) is 0 Å². The summed E-state index contributed by atoms with van der Waals surface area (Å²) in [6.07, 6.45) is 0.986. The minimum absolute atomic E-state index is 0.194. The van der Waals surface area contributed by atoms with Crippen molar-refractivity contribution in [1.82, 2.24) is 0 Å². The maximum atomic E-state index is 11.4.